The molecule has 1 rings (SSSR count). The predicted molar refractivity (Wildman–Crippen MR) is 62.4 cm³/mol. The quantitative estimate of drug-likeness (QED) is 0.309. The first-order valence-electron chi connectivity index (χ1n) is 4.62. The molecule has 0 aliphatic heterocycles. The molecule has 17 heavy (non-hydrogen) atoms. The fraction of sp³-hybridized carbons (Fsp3) is 0.222. The zero-order chi connectivity index (χ0) is 12.9. The van der Waals surface area contributed by atoms with Crippen LogP contribution in [0.4, 0.5) is 10.5 Å². The van der Waals surface area contributed by atoms with Crippen molar-refractivity contribution in [1.82, 2.24) is 5.43 Å². The van der Waals surface area contributed by atoms with Crippen molar-refractivity contribution in [2.45, 2.75) is 6.61 Å². The van der Waals surface area contributed by atoms with Gasteiger partial charge in [0.15, 0.2) is 0 Å². The number of nitrogens with two attached hydrogens (primary N) is 1. The topological polar surface area (TPSA) is 111 Å². The molecule has 4 N–H and O–H groups in total. The average Bonchev–Trinajstić information content (AvgIpc) is 2.26. The van der Waals surface area contributed by atoms with Gasteiger partial charge in [-0.2, -0.15) is 8.42 Å². The van der Waals surface area contributed by atoms with Gasteiger partial charge in [0.2, 0.25) is 0 Å². The van der Waals surface area contributed by atoms with E-state index in [1.165, 1.54) is 0 Å². The van der Waals surface area contributed by atoms with E-state index < -0.39 is 16.1 Å². The summed E-state index contributed by atoms with van der Waals surface area (Å²) in [6.45, 7) is -0.153. The van der Waals surface area contributed by atoms with Crippen molar-refractivity contribution < 1.29 is 17.4 Å². The monoisotopic (exact) mass is 259 g/mol. The molecule has 0 fully saturated rings. The fourth-order valence-electron chi connectivity index (χ4n) is 1.10. The normalized spacial score (nSPS) is 10.9. The van der Waals surface area contributed by atoms with Crippen molar-refractivity contribution in [3.05, 3.63) is 29.8 Å². The van der Waals surface area contributed by atoms with Gasteiger partial charge in [-0.1, -0.05) is 18.2 Å². The molecule has 0 aliphatic carbocycles. The number of carbonyl (C=O) groups excluding carboxylic acids is 1. The van der Waals surface area contributed by atoms with Crippen LogP contribution in [0.2, 0.25) is 0 Å². The van der Waals surface area contributed by atoms with Crippen LogP contribution in [0.15, 0.2) is 24.3 Å². The van der Waals surface area contributed by atoms with Crippen LogP contribution in [-0.4, -0.2) is 20.7 Å². The Morgan fingerprint density at radius 2 is 2.06 bits per heavy atom. The molecule has 8 heteroatoms. The zero-order valence-electron chi connectivity index (χ0n) is 9.14. The van der Waals surface area contributed by atoms with E-state index in [0.717, 1.165) is 6.26 Å². The molecule has 0 saturated heterocycles. The number of hydrazine groups is 1. The fourth-order valence-corrected chi connectivity index (χ4v) is 1.44. The second-order valence-electron chi connectivity index (χ2n) is 3.22. The molecule has 0 radical (unpaired) electrons. The number of nitrogens with one attached hydrogen (secondary N) is 2. The Balaban J connectivity index is 2.81. The highest BCUT2D eigenvalue weighted by atomic mass is 32.2. The molecule has 0 aliphatic rings. The van der Waals surface area contributed by atoms with Gasteiger partial charge in [-0.05, 0) is 6.07 Å². The predicted octanol–water partition coefficient (Wildman–Crippen LogP) is 0.158. The molecule has 0 atom stereocenters. The van der Waals surface area contributed by atoms with Gasteiger partial charge in [0.05, 0.1) is 12.9 Å². The average molecular weight is 259 g/mol. The molecule has 7 nitrogen and oxygen atoms in total. The van der Waals surface area contributed by atoms with Crippen LogP contribution in [0.25, 0.3) is 0 Å². The van der Waals surface area contributed by atoms with E-state index in [4.69, 9.17) is 5.84 Å². The Morgan fingerprint density at radius 3 is 2.65 bits per heavy atom. The molecule has 0 spiro atoms. The van der Waals surface area contributed by atoms with Gasteiger partial charge in [-0.3, -0.25) is 9.61 Å². The van der Waals surface area contributed by atoms with Crippen LogP contribution >= 0.6 is 0 Å². The van der Waals surface area contributed by atoms with E-state index in [-0.39, 0.29) is 6.61 Å². The van der Waals surface area contributed by atoms with Gasteiger partial charge in [-0.15, -0.1) is 0 Å². The minimum absolute atomic E-state index is 0.153. The molecule has 0 bridgehead atoms. The number of para-hydroxylation sites is 1. The first-order valence-corrected chi connectivity index (χ1v) is 6.44. The van der Waals surface area contributed by atoms with Gasteiger partial charge in [0, 0.05) is 11.3 Å². The highest BCUT2D eigenvalue weighted by molar-refractivity contribution is 7.85. The van der Waals surface area contributed by atoms with Gasteiger partial charge >= 0.3 is 6.03 Å². The number of hydrogen-bond acceptors (Lipinski definition) is 5. The maximum Gasteiger partial charge on any atom is 0.333 e. The molecule has 0 unspecified atom stereocenters. The molecule has 0 saturated carbocycles. The molecular weight excluding hydrogens is 246 g/mol. The van der Waals surface area contributed by atoms with Crippen LogP contribution in [-0.2, 0) is 20.9 Å². The summed E-state index contributed by atoms with van der Waals surface area (Å²) < 4.78 is 26.3. The highest BCUT2D eigenvalue weighted by Crippen LogP contribution is 2.16. The van der Waals surface area contributed by atoms with Gasteiger partial charge in [0.25, 0.3) is 10.1 Å². The third-order valence-corrected chi connectivity index (χ3v) is 2.37. The summed E-state index contributed by atoms with van der Waals surface area (Å²) in [6.07, 6.45) is 0.954. The molecular formula is C9H13N3O4S. The lowest BCUT2D eigenvalue weighted by atomic mass is 10.2. The number of anilines is 1. The minimum atomic E-state index is -3.53. The molecule has 2 amide bonds. The Hall–Kier alpha value is -1.64. The van der Waals surface area contributed by atoms with Crippen molar-refractivity contribution in [1.29, 1.82) is 0 Å². The molecule has 0 heterocycles. The van der Waals surface area contributed by atoms with Crippen LogP contribution in [0.5, 0.6) is 0 Å². The van der Waals surface area contributed by atoms with Crippen LogP contribution in [0, 0.1) is 0 Å². The maximum absolute atomic E-state index is 11.0. The van der Waals surface area contributed by atoms with E-state index in [0.29, 0.717) is 11.3 Å². The van der Waals surface area contributed by atoms with E-state index >= 15 is 0 Å². The molecule has 1 aromatic rings. The van der Waals surface area contributed by atoms with E-state index in [2.05, 4.69) is 9.50 Å². The Kier molecular flexibility index (Phi) is 4.44. The van der Waals surface area contributed by atoms with Gasteiger partial charge in [-0.25, -0.2) is 10.6 Å². The number of rotatable bonds is 4. The first kappa shape index (κ1) is 13.4. The number of hydrogen-bond donors (Lipinski definition) is 3. The molecule has 1 aromatic carbocycles. The summed E-state index contributed by atoms with van der Waals surface area (Å²) in [7, 11) is -3.53. The standard InChI is InChI=1S/C9H13N3O4S/c1-17(14,15)16-6-7-4-2-3-5-8(7)11-9(13)12-10/h2-5H,6,10H2,1H3,(H2,11,12,13). The van der Waals surface area contributed by atoms with Crippen LogP contribution < -0.4 is 16.6 Å². The Labute approximate surface area is 99.0 Å². The number of amides is 2. The van der Waals surface area contributed by atoms with E-state index in [1.54, 1.807) is 24.3 Å². The summed E-state index contributed by atoms with van der Waals surface area (Å²) in [4.78, 5) is 11.0. The SMILES string of the molecule is CS(=O)(=O)OCc1ccccc1NC(=O)NN. The summed E-state index contributed by atoms with van der Waals surface area (Å²) >= 11 is 0. The number of urea groups is 1. The second kappa shape index (κ2) is 5.62. The van der Waals surface area contributed by atoms with Gasteiger partial charge < -0.3 is 5.32 Å². The van der Waals surface area contributed by atoms with Crippen molar-refractivity contribution >= 4 is 21.8 Å². The minimum Gasteiger partial charge on any atom is -0.307 e. The van der Waals surface area contributed by atoms with Crippen molar-refractivity contribution in [3.63, 3.8) is 0 Å². The maximum atomic E-state index is 11.0. The highest BCUT2D eigenvalue weighted by Gasteiger charge is 2.08. The van der Waals surface area contributed by atoms with Gasteiger partial charge in [0.1, 0.15) is 0 Å². The summed E-state index contributed by atoms with van der Waals surface area (Å²) in [6, 6.07) is 6.03. The Bertz CT molecular complexity index is 501. The van der Waals surface area contributed by atoms with Crippen molar-refractivity contribution in [3.8, 4) is 0 Å². The van der Waals surface area contributed by atoms with Crippen LogP contribution in [0.1, 0.15) is 5.56 Å². The summed E-state index contributed by atoms with van der Waals surface area (Å²) in [5.74, 6) is 4.92. The molecule has 94 valence electrons. The van der Waals surface area contributed by atoms with Crippen molar-refractivity contribution in [2.24, 2.45) is 5.84 Å². The Morgan fingerprint density at radius 1 is 1.41 bits per heavy atom. The van der Waals surface area contributed by atoms with Crippen LogP contribution in [0.3, 0.4) is 0 Å². The van der Waals surface area contributed by atoms with E-state index in [9.17, 15) is 13.2 Å². The third-order valence-electron chi connectivity index (χ3n) is 1.83. The van der Waals surface area contributed by atoms with Crippen molar-refractivity contribution in [2.75, 3.05) is 11.6 Å². The first-order chi connectivity index (χ1) is 7.92. The lowest BCUT2D eigenvalue weighted by Gasteiger charge is -2.10. The number of carbonyl (C=O) groups is 1. The smallest absolute Gasteiger partial charge is 0.307 e. The summed E-state index contributed by atoms with van der Waals surface area (Å²) in [5, 5.41) is 2.45. The zero-order valence-corrected chi connectivity index (χ0v) is 9.95. The summed E-state index contributed by atoms with van der Waals surface area (Å²) in [5.41, 5.74) is 2.86. The lowest BCUT2D eigenvalue weighted by molar-refractivity contribution is 0.252. The lowest BCUT2D eigenvalue weighted by Crippen LogP contribution is -2.34. The molecule has 0 aromatic heterocycles. The number of benzene rings is 1. The largest absolute Gasteiger partial charge is 0.333 e. The third kappa shape index (κ3) is 4.81. The van der Waals surface area contributed by atoms with E-state index in [1.807, 2.05) is 5.43 Å². The second-order valence-corrected chi connectivity index (χ2v) is 4.87.